The Morgan fingerprint density at radius 1 is 0.439 bits per heavy atom. The van der Waals surface area contributed by atoms with Gasteiger partial charge in [-0.05, 0) is 88.0 Å². The Morgan fingerprint density at radius 3 is 1.78 bits per heavy atom. The molecule has 2 nitrogen and oxygen atoms in total. The molecule has 0 aliphatic carbocycles. The van der Waals surface area contributed by atoms with Crippen LogP contribution in [-0.2, 0) is 0 Å². The minimum absolute atomic E-state index is 0.00668. The number of hydrogen-bond donors (Lipinski definition) is 0. The van der Waals surface area contributed by atoms with Gasteiger partial charge < -0.3 is 9.47 Å². The van der Waals surface area contributed by atoms with Gasteiger partial charge in [-0.3, -0.25) is 0 Å². The van der Waals surface area contributed by atoms with Crippen LogP contribution in [0.15, 0.2) is 127 Å². The summed E-state index contributed by atoms with van der Waals surface area (Å²) in [6.45, 7) is 4.32. The second-order valence-electron chi connectivity index (χ2n) is 11.0. The lowest BCUT2D eigenvalue weighted by Crippen LogP contribution is -2.57. The van der Waals surface area contributed by atoms with Crippen LogP contribution in [0.25, 0.3) is 33.4 Å². The van der Waals surface area contributed by atoms with Crippen LogP contribution < -0.4 is 25.9 Å². The van der Waals surface area contributed by atoms with Crippen molar-refractivity contribution in [3.63, 3.8) is 0 Å². The summed E-state index contributed by atoms with van der Waals surface area (Å²) in [5.41, 5.74) is 12.8. The van der Waals surface area contributed by atoms with Crippen LogP contribution in [0.4, 0.5) is 0 Å². The predicted octanol–water partition coefficient (Wildman–Crippen LogP) is 8.03. The first-order valence-corrected chi connectivity index (χ1v) is 14.1. The monoisotopic (exact) mass is 526 g/mol. The lowest BCUT2D eigenvalue weighted by Gasteiger charge is -2.34. The van der Waals surface area contributed by atoms with Crippen LogP contribution in [0.1, 0.15) is 11.1 Å². The van der Waals surface area contributed by atoms with Crippen molar-refractivity contribution in [3.05, 3.63) is 139 Å². The lowest BCUT2D eigenvalue weighted by atomic mass is 9.34. The molecule has 194 valence electrons. The van der Waals surface area contributed by atoms with Crippen molar-refractivity contribution in [1.82, 2.24) is 0 Å². The van der Waals surface area contributed by atoms with Crippen LogP contribution in [0.3, 0.4) is 0 Å². The zero-order valence-corrected chi connectivity index (χ0v) is 23.0. The van der Waals surface area contributed by atoms with Crippen LogP contribution in [0, 0.1) is 13.8 Å². The lowest BCUT2D eigenvalue weighted by molar-refractivity contribution is 0.466. The molecule has 2 aliphatic rings. The molecule has 41 heavy (non-hydrogen) atoms. The molecule has 2 heterocycles. The van der Waals surface area contributed by atoms with E-state index < -0.39 is 0 Å². The Balaban J connectivity index is 1.35. The average molecular weight is 526 g/mol. The van der Waals surface area contributed by atoms with E-state index in [1.807, 2.05) is 0 Å². The molecular weight excluding hydrogens is 499 g/mol. The number of benzene rings is 6. The maximum Gasteiger partial charge on any atom is 0.260 e. The van der Waals surface area contributed by atoms with Crippen molar-refractivity contribution < 1.29 is 9.47 Å². The molecule has 6 aromatic rings. The fraction of sp³-hybridized carbons (Fsp3) is 0.0526. The molecule has 0 bridgehead atoms. The maximum atomic E-state index is 6.87. The first-order chi connectivity index (χ1) is 20.2. The summed E-state index contributed by atoms with van der Waals surface area (Å²) in [7, 11) is 0. The van der Waals surface area contributed by atoms with Crippen molar-refractivity contribution >= 4 is 23.1 Å². The second-order valence-corrected chi connectivity index (χ2v) is 11.0. The molecule has 0 unspecified atom stereocenters. The van der Waals surface area contributed by atoms with Crippen LogP contribution in [0.2, 0.25) is 0 Å². The first kappa shape index (κ1) is 23.8. The van der Waals surface area contributed by atoms with E-state index in [2.05, 4.69) is 141 Å². The van der Waals surface area contributed by atoms with Gasteiger partial charge in [0.2, 0.25) is 0 Å². The van der Waals surface area contributed by atoms with E-state index in [9.17, 15) is 0 Å². The highest BCUT2D eigenvalue weighted by atomic mass is 16.5. The zero-order valence-electron chi connectivity index (χ0n) is 23.0. The van der Waals surface area contributed by atoms with E-state index in [-0.39, 0.29) is 6.71 Å². The summed E-state index contributed by atoms with van der Waals surface area (Å²) >= 11 is 0. The molecule has 0 spiro atoms. The third kappa shape index (κ3) is 3.81. The summed E-state index contributed by atoms with van der Waals surface area (Å²) in [4.78, 5) is 0. The summed E-state index contributed by atoms with van der Waals surface area (Å²) in [6, 6.07) is 45.1. The fourth-order valence-electron chi connectivity index (χ4n) is 6.44. The van der Waals surface area contributed by atoms with Crippen molar-refractivity contribution in [1.29, 1.82) is 0 Å². The molecule has 0 N–H and O–H groups in total. The minimum Gasteiger partial charge on any atom is -0.458 e. The first-order valence-electron chi connectivity index (χ1n) is 14.1. The Hall–Kier alpha value is -5.02. The van der Waals surface area contributed by atoms with Gasteiger partial charge in [0, 0.05) is 11.0 Å². The Labute approximate surface area is 240 Å². The summed E-state index contributed by atoms with van der Waals surface area (Å²) in [5, 5.41) is 0. The van der Waals surface area contributed by atoms with Gasteiger partial charge in [-0.1, -0.05) is 103 Å². The van der Waals surface area contributed by atoms with Gasteiger partial charge >= 0.3 is 0 Å². The van der Waals surface area contributed by atoms with Gasteiger partial charge in [0.25, 0.3) is 6.71 Å². The van der Waals surface area contributed by atoms with Gasteiger partial charge in [0.15, 0.2) is 0 Å². The summed E-state index contributed by atoms with van der Waals surface area (Å²) in [5.74, 6) is 3.53. The van der Waals surface area contributed by atoms with Gasteiger partial charge in [0.05, 0.1) is 0 Å². The molecule has 0 radical (unpaired) electrons. The van der Waals surface area contributed by atoms with Crippen LogP contribution in [0.5, 0.6) is 23.0 Å². The smallest absolute Gasteiger partial charge is 0.260 e. The highest BCUT2D eigenvalue weighted by molar-refractivity contribution is 6.98. The van der Waals surface area contributed by atoms with Gasteiger partial charge in [-0.15, -0.1) is 0 Å². The SMILES string of the molecule is Cc1ccccc1-c1ccc2c(c1)Oc1ccc(-c3ccccc3C)c3c1B2c1ccc(-c2ccccc2)cc1O3. The molecule has 0 amide bonds. The zero-order chi connectivity index (χ0) is 27.5. The average Bonchev–Trinajstić information content (AvgIpc) is 3.01. The van der Waals surface area contributed by atoms with Gasteiger partial charge in [-0.25, -0.2) is 0 Å². The second kappa shape index (κ2) is 9.28. The Bertz CT molecular complexity index is 1980. The molecule has 0 saturated heterocycles. The van der Waals surface area contributed by atoms with Crippen molar-refractivity contribution in [3.8, 4) is 56.4 Å². The van der Waals surface area contributed by atoms with Gasteiger partial charge in [0.1, 0.15) is 23.0 Å². The molecule has 8 rings (SSSR count). The number of aryl methyl sites for hydroxylation is 2. The Morgan fingerprint density at radius 2 is 1.05 bits per heavy atom. The molecule has 2 aliphatic heterocycles. The molecule has 0 fully saturated rings. The molecular formula is C38H27BO2. The quantitative estimate of drug-likeness (QED) is 0.217. The summed E-state index contributed by atoms with van der Waals surface area (Å²) in [6.07, 6.45) is 0. The number of fused-ring (bicyclic) bond motifs is 4. The molecule has 0 aromatic heterocycles. The van der Waals surface area contributed by atoms with Gasteiger partial charge in [-0.2, -0.15) is 0 Å². The molecule has 0 saturated carbocycles. The molecule has 6 aromatic carbocycles. The third-order valence-corrected chi connectivity index (χ3v) is 8.52. The highest BCUT2D eigenvalue weighted by Gasteiger charge is 2.41. The van der Waals surface area contributed by atoms with E-state index in [1.54, 1.807) is 0 Å². The topological polar surface area (TPSA) is 18.5 Å². The Kier molecular flexibility index (Phi) is 5.40. The third-order valence-electron chi connectivity index (χ3n) is 8.52. The fourth-order valence-corrected chi connectivity index (χ4v) is 6.44. The van der Waals surface area contributed by atoms with Crippen molar-refractivity contribution in [2.45, 2.75) is 13.8 Å². The van der Waals surface area contributed by atoms with E-state index in [0.717, 1.165) is 56.1 Å². The summed E-state index contributed by atoms with van der Waals surface area (Å²) < 4.78 is 13.5. The van der Waals surface area contributed by atoms with Crippen LogP contribution >= 0.6 is 0 Å². The number of rotatable bonds is 3. The standard InChI is InChI=1S/C38H27BO2/c1-24-10-6-8-14-29(24)28-17-20-32-35(23-28)40-34-21-18-31(30-15-9-7-11-25(30)2)38-37(34)39(32)33-19-16-27(22-36(33)41-38)26-12-4-3-5-13-26/h3-23H,1-2H3. The molecule has 0 atom stereocenters. The molecule has 3 heteroatoms. The number of hydrogen-bond acceptors (Lipinski definition) is 2. The normalized spacial score (nSPS) is 12.5. The highest BCUT2D eigenvalue weighted by Crippen LogP contribution is 2.42. The maximum absolute atomic E-state index is 6.87. The minimum atomic E-state index is 0.00668. The predicted molar refractivity (Wildman–Crippen MR) is 170 cm³/mol. The van der Waals surface area contributed by atoms with Crippen LogP contribution in [-0.4, -0.2) is 6.71 Å². The van der Waals surface area contributed by atoms with E-state index >= 15 is 0 Å². The largest absolute Gasteiger partial charge is 0.458 e. The van der Waals surface area contributed by atoms with Crippen molar-refractivity contribution in [2.75, 3.05) is 0 Å². The van der Waals surface area contributed by atoms with Crippen molar-refractivity contribution in [2.24, 2.45) is 0 Å². The van der Waals surface area contributed by atoms with E-state index in [4.69, 9.17) is 9.47 Å². The van der Waals surface area contributed by atoms with E-state index in [1.165, 1.54) is 27.8 Å². The number of ether oxygens (including phenoxy) is 2. The van der Waals surface area contributed by atoms with E-state index in [0.29, 0.717) is 0 Å².